The lowest BCUT2D eigenvalue weighted by Gasteiger charge is -2.14. The van der Waals surface area contributed by atoms with Crippen LogP contribution in [0.3, 0.4) is 0 Å². The van der Waals surface area contributed by atoms with Gasteiger partial charge in [-0.2, -0.15) is 0 Å². The van der Waals surface area contributed by atoms with Gasteiger partial charge < -0.3 is 0 Å². The predicted molar refractivity (Wildman–Crippen MR) is 114 cm³/mol. The van der Waals surface area contributed by atoms with Crippen LogP contribution in [-0.4, -0.2) is 18.5 Å². The van der Waals surface area contributed by atoms with Gasteiger partial charge in [0, 0.05) is 12.3 Å². The Morgan fingerprint density at radius 2 is 1.68 bits per heavy atom. The van der Waals surface area contributed by atoms with E-state index in [0.717, 1.165) is 10.6 Å². The van der Waals surface area contributed by atoms with Gasteiger partial charge in [0.2, 0.25) is 0 Å². The van der Waals surface area contributed by atoms with Crippen molar-refractivity contribution in [3.8, 4) is 5.69 Å². The largest absolute Gasteiger partial charge is 0.336 e. The van der Waals surface area contributed by atoms with E-state index in [1.54, 1.807) is 48.7 Å². The molecule has 31 heavy (non-hydrogen) atoms. The molecule has 0 amide bonds. The van der Waals surface area contributed by atoms with Crippen LogP contribution in [0.2, 0.25) is 0 Å². The summed E-state index contributed by atoms with van der Waals surface area (Å²) in [5.74, 6) is -0.562. The summed E-state index contributed by atoms with van der Waals surface area (Å²) in [4.78, 5) is 43.3. The van der Waals surface area contributed by atoms with Gasteiger partial charge in [-0.1, -0.05) is 24.3 Å². The fourth-order valence-electron chi connectivity index (χ4n) is 3.66. The Kier molecular flexibility index (Phi) is 4.32. The zero-order valence-electron chi connectivity index (χ0n) is 16.1. The van der Waals surface area contributed by atoms with Crippen LogP contribution in [-0.2, 0) is 6.54 Å². The Balaban J connectivity index is 1.79. The SMILES string of the molecule is O=c1c2ccccc2n(Cc2cc(=O)n3ccccc3n2)c(=O)n1-c1cccc(F)c1. The van der Waals surface area contributed by atoms with Gasteiger partial charge in [0.15, 0.2) is 0 Å². The zero-order valence-corrected chi connectivity index (χ0v) is 16.1. The van der Waals surface area contributed by atoms with Crippen molar-refractivity contribution in [3.05, 3.63) is 122 Å². The molecule has 0 saturated heterocycles. The third-order valence-corrected chi connectivity index (χ3v) is 5.06. The lowest BCUT2D eigenvalue weighted by atomic mass is 10.2. The number of fused-ring (bicyclic) bond motifs is 2. The Morgan fingerprint density at radius 1 is 0.871 bits per heavy atom. The number of rotatable bonds is 3. The van der Waals surface area contributed by atoms with Crippen molar-refractivity contribution in [1.82, 2.24) is 18.5 Å². The highest BCUT2D eigenvalue weighted by atomic mass is 19.1. The lowest BCUT2D eigenvalue weighted by Crippen LogP contribution is -2.39. The van der Waals surface area contributed by atoms with Gasteiger partial charge in [-0.05, 0) is 42.5 Å². The summed E-state index contributed by atoms with van der Waals surface area (Å²) >= 11 is 0. The van der Waals surface area contributed by atoms with Crippen molar-refractivity contribution in [2.24, 2.45) is 0 Å². The van der Waals surface area contributed by atoms with E-state index in [0.29, 0.717) is 22.2 Å². The summed E-state index contributed by atoms with van der Waals surface area (Å²) in [6, 6.07) is 18.5. The van der Waals surface area contributed by atoms with Crippen molar-refractivity contribution in [3.63, 3.8) is 0 Å². The third-order valence-electron chi connectivity index (χ3n) is 5.06. The summed E-state index contributed by atoms with van der Waals surface area (Å²) in [5, 5.41) is 0.295. The maximum absolute atomic E-state index is 13.8. The summed E-state index contributed by atoms with van der Waals surface area (Å²) in [6.45, 7) is -0.0322. The number of halogens is 1. The number of hydrogen-bond donors (Lipinski definition) is 0. The van der Waals surface area contributed by atoms with E-state index in [4.69, 9.17) is 0 Å². The van der Waals surface area contributed by atoms with Crippen LogP contribution in [0.25, 0.3) is 22.2 Å². The first-order valence-electron chi connectivity index (χ1n) is 9.51. The van der Waals surface area contributed by atoms with Gasteiger partial charge in [-0.3, -0.25) is 18.6 Å². The maximum atomic E-state index is 13.8. The van der Waals surface area contributed by atoms with E-state index in [1.165, 1.54) is 33.2 Å². The molecule has 8 heteroatoms. The Morgan fingerprint density at radius 3 is 2.52 bits per heavy atom. The molecule has 5 rings (SSSR count). The molecule has 0 radical (unpaired) electrons. The van der Waals surface area contributed by atoms with Crippen LogP contribution in [0.15, 0.2) is 93.4 Å². The van der Waals surface area contributed by atoms with Crippen molar-refractivity contribution in [2.45, 2.75) is 6.54 Å². The first-order valence-corrected chi connectivity index (χ1v) is 9.51. The summed E-state index contributed by atoms with van der Waals surface area (Å²) < 4.78 is 17.5. The molecular weight excluding hydrogens is 399 g/mol. The quantitative estimate of drug-likeness (QED) is 0.454. The lowest BCUT2D eigenvalue weighted by molar-refractivity contribution is 0.624. The van der Waals surface area contributed by atoms with E-state index >= 15 is 0 Å². The normalized spacial score (nSPS) is 11.3. The molecule has 5 aromatic rings. The van der Waals surface area contributed by atoms with Crippen LogP contribution in [0.4, 0.5) is 4.39 Å². The van der Waals surface area contributed by atoms with Crippen LogP contribution < -0.4 is 16.8 Å². The second-order valence-electron chi connectivity index (χ2n) is 7.02. The van der Waals surface area contributed by atoms with Crippen LogP contribution >= 0.6 is 0 Å². The van der Waals surface area contributed by atoms with Gasteiger partial charge in [0.1, 0.15) is 11.5 Å². The molecule has 7 nitrogen and oxygen atoms in total. The standard InChI is InChI=1S/C23H15FN4O3/c24-15-6-5-7-17(12-15)28-22(30)18-8-1-2-9-19(18)27(23(28)31)14-16-13-21(29)26-11-4-3-10-20(26)25-16/h1-13H,14H2. The van der Waals surface area contributed by atoms with Crippen molar-refractivity contribution in [1.29, 1.82) is 0 Å². The predicted octanol–water partition coefficient (Wildman–Crippen LogP) is 2.35. The molecule has 0 aliphatic carbocycles. The first kappa shape index (κ1) is 18.7. The van der Waals surface area contributed by atoms with Crippen LogP contribution in [0, 0.1) is 5.82 Å². The van der Waals surface area contributed by atoms with Gasteiger partial charge in [0.05, 0.1) is 28.8 Å². The van der Waals surface area contributed by atoms with E-state index in [-0.39, 0.29) is 17.8 Å². The molecule has 0 aliphatic heterocycles. The average Bonchev–Trinajstić information content (AvgIpc) is 2.77. The smallest absolute Gasteiger partial charge is 0.287 e. The number of benzene rings is 2. The molecular formula is C23H15FN4O3. The number of para-hydroxylation sites is 1. The second-order valence-corrected chi connectivity index (χ2v) is 7.02. The minimum absolute atomic E-state index is 0.0322. The summed E-state index contributed by atoms with van der Waals surface area (Å²) in [6.07, 6.45) is 1.61. The molecule has 0 N–H and O–H groups in total. The molecule has 0 unspecified atom stereocenters. The topological polar surface area (TPSA) is 78.4 Å². The molecule has 0 spiro atoms. The van der Waals surface area contributed by atoms with E-state index in [1.807, 2.05) is 0 Å². The van der Waals surface area contributed by atoms with Crippen molar-refractivity contribution < 1.29 is 4.39 Å². The monoisotopic (exact) mass is 414 g/mol. The molecule has 3 aromatic heterocycles. The van der Waals surface area contributed by atoms with Crippen molar-refractivity contribution >= 4 is 16.6 Å². The zero-order chi connectivity index (χ0) is 21.5. The molecule has 0 atom stereocenters. The highest BCUT2D eigenvalue weighted by molar-refractivity contribution is 5.78. The number of aromatic nitrogens is 4. The summed E-state index contributed by atoms with van der Waals surface area (Å²) in [5.41, 5.74) is -0.135. The Hall–Kier alpha value is -4.33. The van der Waals surface area contributed by atoms with Gasteiger partial charge >= 0.3 is 5.69 Å². The van der Waals surface area contributed by atoms with E-state index in [2.05, 4.69) is 4.98 Å². The fourth-order valence-corrected chi connectivity index (χ4v) is 3.66. The molecule has 0 bridgehead atoms. The van der Waals surface area contributed by atoms with Crippen molar-refractivity contribution in [2.75, 3.05) is 0 Å². The molecule has 3 heterocycles. The number of hydrogen-bond acceptors (Lipinski definition) is 4. The number of pyridine rings is 1. The molecule has 0 fully saturated rings. The highest BCUT2D eigenvalue weighted by Crippen LogP contribution is 2.12. The van der Waals surface area contributed by atoms with Crippen LogP contribution in [0.5, 0.6) is 0 Å². The highest BCUT2D eigenvalue weighted by Gasteiger charge is 2.16. The fraction of sp³-hybridized carbons (Fsp3) is 0.0435. The molecule has 152 valence electrons. The maximum Gasteiger partial charge on any atom is 0.336 e. The molecule has 0 saturated carbocycles. The molecule has 2 aromatic carbocycles. The first-order chi connectivity index (χ1) is 15.0. The van der Waals surface area contributed by atoms with Gasteiger partial charge in [-0.15, -0.1) is 0 Å². The number of nitrogens with zero attached hydrogens (tertiary/aromatic N) is 4. The Bertz CT molecular complexity index is 1650. The second kappa shape index (κ2) is 7.17. The minimum atomic E-state index is -0.649. The Labute approximate surface area is 173 Å². The van der Waals surface area contributed by atoms with Gasteiger partial charge in [0.25, 0.3) is 11.1 Å². The minimum Gasteiger partial charge on any atom is -0.287 e. The van der Waals surface area contributed by atoms with E-state index < -0.39 is 17.1 Å². The van der Waals surface area contributed by atoms with E-state index in [9.17, 15) is 18.8 Å². The molecule has 0 aliphatic rings. The summed E-state index contributed by atoms with van der Waals surface area (Å²) in [7, 11) is 0. The van der Waals surface area contributed by atoms with Crippen LogP contribution in [0.1, 0.15) is 5.69 Å². The average molecular weight is 414 g/mol. The van der Waals surface area contributed by atoms with Gasteiger partial charge in [-0.25, -0.2) is 18.7 Å². The third kappa shape index (κ3) is 3.14.